The Morgan fingerprint density at radius 1 is 1.17 bits per heavy atom. The Bertz CT molecular complexity index is 485. The van der Waals surface area contributed by atoms with Crippen LogP contribution >= 0.6 is 12.6 Å². The van der Waals surface area contributed by atoms with Gasteiger partial charge in [0.2, 0.25) is 11.8 Å². The summed E-state index contributed by atoms with van der Waals surface area (Å²) in [7, 11) is 0. The Balaban J connectivity index is 4.43. The van der Waals surface area contributed by atoms with Crippen LogP contribution in [0, 0.1) is 10.1 Å². The van der Waals surface area contributed by atoms with Crippen molar-refractivity contribution in [3.63, 3.8) is 0 Å². The molecule has 0 aromatic carbocycles. The zero-order chi connectivity index (χ0) is 18.0. The third-order valence-corrected chi connectivity index (χ3v) is 2.83. The van der Waals surface area contributed by atoms with Crippen LogP contribution < -0.4 is 16.1 Å². The van der Waals surface area contributed by atoms with Crippen molar-refractivity contribution in [1.29, 1.82) is 0 Å². The summed E-state index contributed by atoms with van der Waals surface area (Å²) in [4.78, 5) is 54.5. The molecule has 12 nitrogen and oxygen atoms in total. The molecule has 5 N–H and O–H groups in total. The number of nitrogens with zero attached hydrogens (tertiary/aromatic N) is 1. The molecule has 0 aliphatic carbocycles. The van der Waals surface area contributed by atoms with Gasteiger partial charge in [-0.2, -0.15) is 12.6 Å². The maximum absolute atomic E-state index is 11.6. The average Bonchev–Trinajstić information content (AvgIpc) is 2.45. The first-order valence-electron chi connectivity index (χ1n) is 6.20. The molecule has 13 heteroatoms. The number of rotatable bonds is 11. The third-order valence-electron chi connectivity index (χ3n) is 2.47. The van der Waals surface area contributed by atoms with Crippen molar-refractivity contribution >= 4 is 36.4 Å². The molecule has 0 aliphatic heterocycles. The maximum Gasteiger partial charge on any atom is 0.332 e. The van der Waals surface area contributed by atoms with E-state index < -0.39 is 53.8 Å². The van der Waals surface area contributed by atoms with E-state index in [-0.39, 0.29) is 12.2 Å². The molecular weight excluding hydrogens is 336 g/mol. The van der Waals surface area contributed by atoms with E-state index in [2.05, 4.69) is 17.9 Å². The Morgan fingerprint density at radius 3 is 2.22 bits per heavy atom. The molecule has 0 aliphatic rings. The van der Waals surface area contributed by atoms with Gasteiger partial charge in [-0.3, -0.25) is 14.4 Å². The Hall–Kier alpha value is -2.57. The standard InChI is InChI=1S/C10H16N4O8S/c15-7(2-1-5(10(19)20)13-14(21)22)12-6(4-23)9(18)11-3-8(16)17/h5-6,13,23H,1-4H2,(H,11,18)(H,12,15)(H,16,17)(H,19,20)/t5-,6-/m0/s1. The van der Waals surface area contributed by atoms with E-state index in [0.29, 0.717) is 0 Å². The number of hydrazine groups is 1. The van der Waals surface area contributed by atoms with Crippen LogP contribution in [0.15, 0.2) is 0 Å². The van der Waals surface area contributed by atoms with Crippen molar-refractivity contribution in [1.82, 2.24) is 16.1 Å². The van der Waals surface area contributed by atoms with Crippen molar-refractivity contribution < 1.29 is 34.4 Å². The Kier molecular flexibility index (Phi) is 9.07. The lowest BCUT2D eigenvalue weighted by Gasteiger charge is -2.16. The summed E-state index contributed by atoms with van der Waals surface area (Å²) < 4.78 is 0. The molecule has 130 valence electrons. The number of carbonyl (C=O) groups is 4. The minimum atomic E-state index is -1.56. The minimum Gasteiger partial charge on any atom is -0.480 e. The largest absolute Gasteiger partial charge is 0.480 e. The highest BCUT2D eigenvalue weighted by Gasteiger charge is 2.25. The number of nitro groups is 1. The number of carboxylic acids is 2. The molecule has 0 rings (SSSR count). The summed E-state index contributed by atoms with van der Waals surface area (Å²) in [5.41, 5.74) is 1.54. The van der Waals surface area contributed by atoms with E-state index >= 15 is 0 Å². The van der Waals surface area contributed by atoms with Gasteiger partial charge in [-0.25, -0.2) is 14.9 Å². The number of nitrogens with one attached hydrogen (secondary N) is 3. The van der Waals surface area contributed by atoms with Crippen LogP contribution in [0.1, 0.15) is 12.8 Å². The van der Waals surface area contributed by atoms with E-state index in [1.807, 2.05) is 5.32 Å². The lowest BCUT2D eigenvalue weighted by molar-refractivity contribution is -0.549. The van der Waals surface area contributed by atoms with Crippen molar-refractivity contribution in [2.75, 3.05) is 12.3 Å². The predicted octanol–water partition coefficient (Wildman–Crippen LogP) is -2.38. The van der Waals surface area contributed by atoms with Gasteiger partial charge in [0.25, 0.3) is 0 Å². The zero-order valence-electron chi connectivity index (χ0n) is 11.7. The predicted molar refractivity (Wildman–Crippen MR) is 77.2 cm³/mol. The Labute approximate surface area is 135 Å². The van der Waals surface area contributed by atoms with Crippen LogP contribution in [0.3, 0.4) is 0 Å². The number of carbonyl (C=O) groups excluding carboxylic acids is 2. The molecule has 0 saturated carbocycles. The molecular formula is C10H16N4O8S. The summed E-state index contributed by atoms with van der Waals surface area (Å²) in [5, 5.41) is 30.6. The first-order valence-corrected chi connectivity index (χ1v) is 6.83. The molecule has 0 saturated heterocycles. The number of amides is 2. The molecule has 0 heterocycles. The van der Waals surface area contributed by atoms with Gasteiger partial charge in [-0.15, -0.1) is 5.43 Å². The van der Waals surface area contributed by atoms with Crippen LogP contribution in [0.5, 0.6) is 0 Å². The average molecular weight is 352 g/mol. The van der Waals surface area contributed by atoms with E-state index in [9.17, 15) is 29.3 Å². The van der Waals surface area contributed by atoms with Crippen LogP contribution in [-0.2, 0) is 19.2 Å². The molecule has 2 atom stereocenters. The monoisotopic (exact) mass is 352 g/mol. The normalized spacial score (nSPS) is 12.6. The molecule has 2 amide bonds. The number of carboxylic acid groups (broad SMARTS) is 2. The van der Waals surface area contributed by atoms with E-state index in [1.165, 1.54) is 0 Å². The van der Waals surface area contributed by atoms with E-state index in [0.717, 1.165) is 0 Å². The van der Waals surface area contributed by atoms with Gasteiger partial charge in [0.15, 0.2) is 11.1 Å². The number of thiol groups is 1. The fraction of sp³-hybridized carbons (Fsp3) is 0.600. The van der Waals surface area contributed by atoms with Gasteiger partial charge in [-0.1, -0.05) is 0 Å². The number of aliphatic carboxylic acids is 2. The first-order chi connectivity index (χ1) is 10.7. The highest BCUT2D eigenvalue weighted by atomic mass is 32.1. The second-order valence-electron chi connectivity index (χ2n) is 4.23. The lowest BCUT2D eigenvalue weighted by Crippen LogP contribution is -2.49. The first kappa shape index (κ1) is 20.4. The van der Waals surface area contributed by atoms with E-state index in [1.54, 1.807) is 5.43 Å². The highest BCUT2D eigenvalue weighted by molar-refractivity contribution is 7.80. The molecule has 0 unspecified atom stereocenters. The molecule has 0 spiro atoms. The summed E-state index contributed by atoms with van der Waals surface area (Å²) >= 11 is 3.84. The summed E-state index contributed by atoms with van der Waals surface area (Å²) in [5.74, 6) is -4.38. The van der Waals surface area contributed by atoms with Gasteiger partial charge in [0.05, 0.1) is 0 Å². The quantitative estimate of drug-likeness (QED) is 0.134. The summed E-state index contributed by atoms with van der Waals surface area (Å²) in [6.07, 6.45) is -0.771. The Morgan fingerprint density at radius 2 is 1.78 bits per heavy atom. The molecule has 0 aromatic rings. The SMILES string of the molecule is O=C(O)CNC(=O)[C@H](CS)NC(=O)CC[C@H](N[N+](=O)[O-])C(=O)O. The van der Waals surface area contributed by atoms with Crippen molar-refractivity contribution in [3.8, 4) is 0 Å². The van der Waals surface area contributed by atoms with Crippen LogP contribution in [-0.4, -0.2) is 63.4 Å². The van der Waals surface area contributed by atoms with Crippen LogP contribution in [0.25, 0.3) is 0 Å². The smallest absolute Gasteiger partial charge is 0.332 e. The maximum atomic E-state index is 11.6. The molecule has 23 heavy (non-hydrogen) atoms. The number of hydrogen-bond donors (Lipinski definition) is 6. The lowest BCUT2D eigenvalue weighted by atomic mass is 10.1. The third kappa shape index (κ3) is 9.13. The van der Waals surface area contributed by atoms with Crippen molar-refractivity contribution in [3.05, 3.63) is 10.1 Å². The fourth-order valence-electron chi connectivity index (χ4n) is 1.39. The van der Waals surface area contributed by atoms with Gasteiger partial charge >= 0.3 is 11.9 Å². The number of hydrogen-bond acceptors (Lipinski definition) is 7. The van der Waals surface area contributed by atoms with Gasteiger partial charge in [-0.05, 0) is 6.42 Å². The van der Waals surface area contributed by atoms with Gasteiger partial charge in [0, 0.05) is 12.2 Å². The second kappa shape index (κ2) is 10.2. The second-order valence-corrected chi connectivity index (χ2v) is 4.60. The van der Waals surface area contributed by atoms with Crippen molar-refractivity contribution in [2.24, 2.45) is 0 Å². The molecule has 0 fully saturated rings. The highest BCUT2D eigenvalue weighted by Crippen LogP contribution is 1.99. The molecule has 0 aromatic heterocycles. The van der Waals surface area contributed by atoms with Gasteiger partial charge in [0.1, 0.15) is 12.6 Å². The van der Waals surface area contributed by atoms with Crippen LogP contribution in [0.2, 0.25) is 0 Å². The van der Waals surface area contributed by atoms with Crippen molar-refractivity contribution in [2.45, 2.75) is 24.9 Å². The van der Waals surface area contributed by atoms with E-state index in [4.69, 9.17) is 10.2 Å². The summed E-state index contributed by atoms with van der Waals surface area (Å²) in [6.45, 7) is -0.632. The zero-order valence-corrected chi connectivity index (χ0v) is 12.6. The fourth-order valence-corrected chi connectivity index (χ4v) is 1.65. The molecule has 0 bridgehead atoms. The minimum absolute atomic E-state index is 0.118. The topological polar surface area (TPSA) is 188 Å². The summed E-state index contributed by atoms with van der Waals surface area (Å²) in [6, 6.07) is -2.68. The van der Waals surface area contributed by atoms with Gasteiger partial charge < -0.3 is 20.8 Å². The van der Waals surface area contributed by atoms with Crippen LogP contribution in [0.4, 0.5) is 0 Å². The molecule has 0 radical (unpaired) electrons.